The Kier molecular flexibility index (Phi) is 3.39. The van der Waals surface area contributed by atoms with Gasteiger partial charge in [0.2, 0.25) is 0 Å². The van der Waals surface area contributed by atoms with Crippen LogP contribution in [0.4, 0.5) is 11.4 Å². The SMILES string of the molecule is CNCc1c[nH]c2cc(Nc3cccnc3C)ccc12. The third kappa shape index (κ3) is 2.38. The summed E-state index contributed by atoms with van der Waals surface area (Å²) in [6.45, 7) is 2.87. The molecule has 0 saturated heterocycles. The fourth-order valence-corrected chi connectivity index (χ4v) is 2.37. The molecule has 0 atom stereocenters. The van der Waals surface area contributed by atoms with Crippen LogP contribution in [0.2, 0.25) is 0 Å². The van der Waals surface area contributed by atoms with Crippen molar-refractivity contribution in [1.29, 1.82) is 0 Å². The number of hydrogen-bond acceptors (Lipinski definition) is 3. The second-order valence-electron chi connectivity index (χ2n) is 4.87. The smallest absolute Gasteiger partial charge is 0.0607 e. The van der Waals surface area contributed by atoms with Gasteiger partial charge >= 0.3 is 0 Å². The molecule has 0 amide bonds. The van der Waals surface area contributed by atoms with Gasteiger partial charge in [0.25, 0.3) is 0 Å². The van der Waals surface area contributed by atoms with Crippen molar-refractivity contribution in [2.24, 2.45) is 0 Å². The number of nitrogens with one attached hydrogen (secondary N) is 3. The lowest BCUT2D eigenvalue weighted by Gasteiger charge is -2.08. The van der Waals surface area contributed by atoms with Crippen LogP contribution in [0, 0.1) is 6.92 Å². The molecule has 0 aliphatic carbocycles. The van der Waals surface area contributed by atoms with Gasteiger partial charge in [-0.3, -0.25) is 4.98 Å². The molecule has 0 saturated carbocycles. The van der Waals surface area contributed by atoms with Crippen LogP contribution in [0.5, 0.6) is 0 Å². The van der Waals surface area contributed by atoms with Crippen molar-refractivity contribution >= 4 is 22.3 Å². The fourth-order valence-electron chi connectivity index (χ4n) is 2.37. The lowest BCUT2D eigenvalue weighted by Crippen LogP contribution is -2.03. The van der Waals surface area contributed by atoms with Crippen LogP contribution in [-0.4, -0.2) is 17.0 Å². The molecule has 0 fully saturated rings. The average molecular weight is 266 g/mol. The molecule has 3 aromatic rings. The summed E-state index contributed by atoms with van der Waals surface area (Å²) in [5.41, 5.74) is 5.52. The topological polar surface area (TPSA) is 52.7 Å². The van der Waals surface area contributed by atoms with Gasteiger partial charge in [-0.25, -0.2) is 0 Å². The van der Waals surface area contributed by atoms with Crippen LogP contribution in [0.15, 0.2) is 42.7 Å². The number of aromatic amines is 1. The molecule has 0 unspecified atom stereocenters. The largest absolute Gasteiger partial charge is 0.361 e. The van der Waals surface area contributed by atoms with E-state index in [1.165, 1.54) is 10.9 Å². The van der Waals surface area contributed by atoms with Crippen LogP contribution in [0.25, 0.3) is 10.9 Å². The van der Waals surface area contributed by atoms with Crippen LogP contribution in [0.3, 0.4) is 0 Å². The molecule has 102 valence electrons. The molecule has 0 aliphatic rings. The molecule has 1 aromatic carbocycles. The molecular weight excluding hydrogens is 248 g/mol. The van der Waals surface area contributed by atoms with Crippen molar-refractivity contribution < 1.29 is 0 Å². The van der Waals surface area contributed by atoms with Gasteiger partial charge in [0.1, 0.15) is 0 Å². The van der Waals surface area contributed by atoms with E-state index in [9.17, 15) is 0 Å². The number of benzene rings is 1. The Labute approximate surface area is 118 Å². The lowest BCUT2D eigenvalue weighted by atomic mass is 10.1. The van der Waals surface area contributed by atoms with Crippen molar-refractivity contribution in [3.05, 3.63) is 54.0 Å². The molecule has 20 heavy (non-hydrogen) atoms. The lowest BCUT2D eigenvalue weighted by molar-refractivity contribution is 0.823. The molecule has 0 aliphatic heterocycles. The monoisotopic (exact) mass is 266 g/mol. The van der Waals surface area contributed by atoms with Crippen molar-refractivity contribution in [2.45, 2.75) is 13.5 Å². The fraction of sp³-hybridized carbons (Fsp3) is 0.188. The Morgan fingerprint density at radius 3 is 2.95 bits per heavy atom. The number of hydrogen-bond donors (Lipinski definition) is 3. The molecule has 0 spiro atoms. The highest BCUT2D eigenvalue weighted by Crippen LogP contribution is 2.25. The maximum atomic E-state index is 4.29. The minimum atomic E-state index is 0.870. The number of aromatic nitrogens is 2. The zero-order valence-corrected chi connectivity index (χ0v) is 11.7. The van der Waals surface area contributed by atoms with E-state index >= 15 is 0 Å². The van der Waals surface area contributed by atoms with Crippen LogP contribution in [-0.2, 0) is 6.54 Å². The van der Waals surface area contributed by atoms with E-state index in [-0.39, 0.29) is 0 Å². The third-order valence-corrected chi connectivity index (χ3v) is 3.42. The summed E-state index contributed by atoms with van der Waals surface area (Å²) in [6.07, 6.45) is 3.86. The van der Waals surface area contributed by atoms with Crippen molar-refractivity contribution in [1.82, 2.24) is 15.3 Å². The number of anilines is 2. The number of fused-ring (bicyclic) bond motifs is 1. The first-order chi connectivity index (χ1) is 9.78. The second-order valence-corrected chi connectivity index (χ2v) is 4.87. The standard InChI is InChI=1S/C16H18N4/c1-11-15(4-3-7-18-11)20-13-5-6-14-12(9-17-2)10-19-16(14)8-13/h3-8,10,17,19-20H,9H2,1-2H3. The van der Waals surface area contributed by atoms with Gasteiger partial charge in [-0.05, 0) is 43.8 Å². The molecule has 0 radical (unpaired) electrons. The average Bonchev–Trinajstić information content (AvgIpc) is 2.85. The van der Waals surface area contributed by atoms with E-state index in [1.54, 1.807) is 6.20 Å². The van der Waals surface area contributed by atoms with Crippen molar-refractivity contribution in [2.75, 3.05) is 12.4 Å². The van der Waals surface area contributed by atoms with Gasteiger partial charge in [-0.15, -0.1) is 0 Å². The van der Waals surface area contributed by atoms with E-state index in [0.29, 0.717) is 0 Å². The molecule has 3 rings (SSSR count). The summed E-state index contributed by atoms with van der Waals surface area (Å²) >= 11 is 0. The van der Waals surface area contributed by atoms with Gasteiger partial charge in [-0.2, -0.15) is 0 Å². The number of nitrogens with zero attached hydrogens (tertiary/aromatic N) is 1. The molecular formula is C16H18N4. The zero-order chi connectivity index (χ0) is 13.9. The summed E-state index contributed by atoms with van der Waals surface area (Å²) in [4.78, 5) is 7.61. The van der Waals surface area contributed by atoms with E-state index in [2.05, 4.69) is 45.0 Å². The Bertz CT molecular complexity index is 730. The molecule has 0 bridgehead atoms. The van der Waals surface area contributed by atoms with Crippen molar-refractivity contribution in [3.63, 3.8) is 0 Å². The van der Waals surface area contributed by atoms with Crippen molar-refractivity contribution in [3.8, 4) is 0 Å². The summed E-state index contributed by atoms with van der Waals surface area (Å²) in [7, 11) is 1.96. The minimum Gasteiger partial charge on any atom is -0.361 e. The first-order valence-corrected chi connectivity index (χ1v) is 6.71. The summed E-state index contributed by atoms with van der Waals surface area (Å²) in [6, 6.07) is 10.3. The molecule has 2 aromatic heterocycles. The van der Waals surface area contributed by atoms with E-state index in [4.69, 9.17) is 0 Å². The molecule has 4 heteroatoms. The summed E-state index contributed by atoms with van der Waals surface area (Å²) < 4.78 is 0. The maximum Gasteiger partial charge on any atom is 0.0607 e. The summed E-state index contributed by atoms with van der Waals surface area (Å²) in [5, 5.41) is 7.84. The van der Waals surface area contributed by atoms with Crippen LogP contribution < -0.4 is 10.6 Å². The predicted molar refractivity (Wildman–Crippen MR) is 83.3 cm³/mol. The summed E-state index contributed by atoms with van der Waals surface area (Å²) in [5.74, 6) is 0. The first-order valence-electron chi connectivity index (χ1n) is 6.71. The van der Waals surface area contributed by atoms with Gasteiger partial charge in [0.15, 0.2) is 0 Å². The molecule has 3 N–H and O–H groups in total. The van der Waals surface area contributed by atoms with E-state index in [0.717, 1.165) is 29.1 Å². The normalized spacial score (nSPS) is 10.9. The minimum absolute atomic E-state index is 0.870. The second kappa shape index (κ2) is 5.35. The van der Waals surface area contributed by atoms with Crippen LogP contribution >= 0.6 is 0 Å². The molecule has 2 heterocycles. The first kappa shape index (κ1) is 12.7. The van der Waals surface area contributed by atoms with Gasteiger partial charge < -0.3 is 15.6 Å². The number of pyridine rings is 1. The van der Waals surface area contributed by atoms with E-state index < -0.39 is 0 Å². The van der Waals surface area contributed by atoms with E-state index in [1.807, 2.05) is 26.1 Å². The predicted octanol–water partition coefficient (Wildman–Crippen LogP) is 3.33. The highest BCUT2D eigenvalue weighted by molar-refractivity contribution is 5.87. The third-order valence-electron chi connectivity index (χ3n) is 3.42. The maximum absolute atomic E-state index is 4.29. The van der Waals surface area contributed by atoms with Crippen LogP contribution in [0.1, 0.15) is 11.3 Å². The number of aryl methyl sites for hydroxylation is 1. The highest BCUT2D eigenvalue weighted by atomic mass is 14.9. The van der Waals surface area contributed by atoms with Gasteiger partial charge in [-0.1, -0.05) is 6.07 Å². The Hall–Kier alpha value is -2.33. The Balaban J connectivity index is 1.92. The molecule has 4 nitrogen and oxygen atoms in total. The Morgan fingerprint density at radius 1 is 1.25 bits per heavy atom. The van der Waals surface area contributed by atoms with Gasteiger partial charge in [0, 0.05) is 35.5 Å². The van der Waals surface area contributed by atoms with Gasteiger partial charge in [0.05, 0.1) is 11.4 Å². The highest BCUT2D eigenvalue weighted by Gasteiger charge is 2.05. The quantitative estimate of drug-likeness (QED) is 0.679. The number of rotatable bonds is 4. The Morgan fingerprint density at radius 2 is 2.15 bits per heavy atom. The zero-order valence-electron chi connectivity index (χ0n) is 11.7. The number of H-pyrrole nitrogens is 1.